The van der Waals surface area contributed by atoms with Crippen LogP contribution in [0.15, 0.2) is 12.1 Å². The molecule has 0 atom stereocenters. The number of hydrogen-bond donors (Lipinski definition) is 1. The van der Waals surface area contributed by atoms with Gasteiger partial charge < -0.3 is 5.11 Å². The van der Waals surface area contributed by atoms with Crippen LogP contribution in [-0.2, 0) is 11.2 Å². The van der Waals surface area contributed by atoms with Gasteiger partial charge in [-0.2, -0.15) is 5.26 Å². The minimum Gasteiger partial charge on any atom is -0.481 e. The van der Waals surface area contributed by atoms with Gasteiger partial charge >= 0.3 is 5.97 Å². The molecule has 0 aromatic heterocycles. The Bertz CT molecular complexity index is 502. The molecule has 0 aliphatic carbocycles. The van der Waals surface area contributed by atoms with Crippen molar-refractivity contribution in [1.29, 1.82) is 5.26 Å². The molecule has 6 heteroatoms. The topological polar surface area (TPSA) is 104 Å². The van der Waals surface area contributed by atoms with E-state index in [1.54, 1.807) is 6.07 Å². The summed E-state index contributed by atoms with van der Waals surface area (Å²) in [6.45, 7) is 1.43. The molecule has 0 saturated carbocycles. The standard InChI is InChI=1S/C10H8N2O4/c1-6-8(5-11)7(4-10(13)14)2-3-9(6)12(15)16/h2-3H,4H2,1H3,(H,13,14). The zero-order chi connectivity index (χ0) is 12.3. The molecule has 16 heavy (non-hydrogen) atoms. The monoisotopic (exact) mass is 220 g/mol. The van der Waals surface area contributed by atoms with Crippen LogP contribution in [0.25, 0.3) is 0 Å². The molecule has 0 aliphatic rings. The highest BCUT2D eigenvalue weighted by molar-refractivity contribution is 5.72. The average Bonchev–Trinajstić information content (AvgIpc) is 2.16. The molecule has 0 heterocycles. The molecule has 0 spiro atoms. The Hall–Kier alpha value is -2.42. The Kier molecular flexibility index (Phi) is 3.20. The number of nitriles is 1. The van der Waals surface area contributed by atoms with Gasteiger partial charge in [0.25, 0.3) is 5.69 Å². The lowest BCUT2D eigenvalue weighted by atomic mass is 9.99. The Labute approximate surface area is 90.9 Å². The van der Waals surface area contributed by atoms with E-state index in [-0.39, 0.29) is 28.8 Å². The number of carboxylic acid groups (broad SMARTS) is 1. The van der Waals surface area contributed by atoms with Gasteiger partial charge in [-0.15, -0.1) is 0 Å². The van der Waals surface area contributed by atoms with Crippen molar-refractivity contribution in [3.8, 4) is 6.07 Å². The zero-order valence-electron chi connectivity index (χ0n) is 8.43. The van der Waals surface area contributed by atoms with Crippen molar-refractivity contribution < 1.29 is 14.8 Å². The molecule has 0 saturated heterocycles. The molecule has 0 radical (unpaired) electrons. The molecular weight excluding hydrogens is 212 g/mol. The first-order valence-electron chi connectivity index (χ1n) is 4.36. The lowest BCUT2D eigenvalue weighted by Gasteiger charge is -2.04. The molecule has 0 fully saturated rings. The fourth-order valence-corrected chi connectivity index (χ4v) is 1.42. The number of hydrogen-bond acceptors (Lipinski definition) is 4. The number of aliphatic carboxylic acids is 1. The van der Waals surface area contributed by atoms with Crippen LogP contribution in [0.4, 0.5) is 5.69 Å². The minimum absolute atomic E-state index is 0.0663. The van der Waals surface area contributed by atoms with Crippen molar-refractivity contribution in [3.05, 3.63) is 38.9 Å². The second kappa shape index (κ2) is 4.40. The molecule has 6 nitrogen and oxygen atoms in total. The van der Waals surface area contributed by atoms with E-state index in [0.29, 0.717) is 0 Å². The summed E-state index contributed by atoms with van der Waals surface area (Å²) >= 11 is 0. The van der Waals surface area contributed by atoms with Gasteiger partial charge in [0.2, 0.25) is 0 Å². The second-order valence-corrected chi connectivity index (χ2v) is 3.18. The second-order valence-electron chi connectivity index (χ2n) is 3.18. The lowest BCUT2D eigenvalue weighted by molar-refractivity contribution is -0.385. The SMILES string of the molecule is Cc1c([N+](=O)[O-])ccc(CC(=O)O)c1C#N. The summed E-state index contributed by atoms with van der Waals surface area (Å²) in [6.07, 6.45) is -0.318. The molecule has 1 N–H and O–H groups in total. The van der Waals surface area contributed by atoms with E-state index in [1.807, 2.05) is 0 Å². The largest absolute Gasteiger partial charge is 0.481 e. The van der Waals surface area contributed by atoms with Gasteiger partial charge in [-0.05, 0) is 12.5 Å². The van der Waals surface area contributed by atoms with Gasteiger partial charge in [0.05, 0.1) is 23.0 Å². The van der Waals surface area contributed by atoms with E-state index in [4.69, 9.17) is 10.4 Å². The number of carboxylic acids is 1. The normalized spacial score (nSPS) is 9.50. The number of benzene rings is 1. The smallest absolute Gasteiger partial charge is 0.307 e. The van der Waals surface area contributed by atoms with Gasteiger partial charge in [0, 0.05) is 11.6 Å². The van der Waals surface area contributed by atoms with Gasteiger partial charge in [-0.25, -0.2) is 0 Å². The summed E-state index contributed by atoms with van der Waals surface area (Å²) in [5, 5.41) is 28.1. The third-order valence-electron chi connectivity index (χ3n) is 2.17. The van der Waals surface area contributed by atoms with E-state index in [2.05, 4.69) is 0 Å². The van der Waals surface area contributed by atoms with Crippen LogP contribution in [0.3, 0.4) is 0 Å². The Balaban J connectivity index is 3.36. The number of nitro groups is 1. The molecule has 1 rings (SSSR count). The molecule has 0 aliphatic heterocycles. The van der Waals surface area contributed by atoms with Gasteiger partial charge in [0.1, 0.15) is 0 Å². The van der Waals surface area contributed by atoms with Crippen LogP contribution in [0.2, 0.25) is 0 Å². The van der Waals surface area contributed by atoms with Crippen molar-refractivity contribution >= 4 is 11.7 Å². The van der Waals surface area contributed by atoms with Crippen LogP contribution in [0.1, 0.15) is 16.7 Å². The first-order valence-corrected chi connectivity index (χ1v) is 4.36. The number of carbonyl (C=O) groups is 1. The molecule has 1 aromatic carbocycles. The van der Waals surface area contributed by atoms with Gasteiger partial charge in [-0.3, -0.25) is 14.9 Å². The zero-order valence-corrected chi connectivity index (χ0v) is 8.43. The highest BCUT2D eigenvalue weighted by Gasteiger charge is 2.18. The molecule has 0 unspecified atom stereocenters. The minimum atomic E-state index is -1.08. The summed E-state index contributed by atoms with van der Waals surface area (Å²) in [6, 6.07) is 4.32. The Morgan fingerprint density at radius 2 is 2.25 bits per heavy atom. The Morgan fingerprint density at radius 1 is 1.62 bits per heavy atom. The van der Waals surface area contributed by atoms with Crippen LogP contribution < -0.4 is 0 Å². The maximum atomic E-state index is 10.6. The predicted octanol–water partition coefficient (Wildman–Crippen LogP) is 1.40. The maximum Gasteiger partial charge on any atom is 0.307 e. The summed E-state index contributed by atoms with van der Waals surface area (Å²) in [5.74, 6) is -1.08. The quantitative estimate of drug-likeness (QED) is 0.612. The first kappa shape index (κ1) is 11.7. The Morgan fingerprint density at radius 3 is 2.69 bits per heavy atom. The van der Waals surface area contributed by atoms with E-state index in [0.717, 1.165) is 0 Å². The van der Waals surface area contributed by atoms with E-state index in [1.165, 1.54) is 19.1 Å². The lowest BCUT2D eigenvalue weighted by Crippen LogP contribution is -2.05. The van der Waals surface area contributed by atoms with Gasteiger partial charge in [-0.1, -0.05) is 6.07 Å². The van der Waals surface area contributed by atoms with Gasteiger partial charge in [0.15, 0.2) is 0 Å². The van der Waals surface area contributed by atoms with Crippen molar-refractivity contribution in [3.63, 3.8) is 0 Å². The highest BCUT2D eigenvalue weighted by Crippen LogP contribution is 2.24. The first-order chi connectivity index (χ1) is 7.47. The summed E-state index contributed by atoms with van der Waals surface area (Å²) in [5.41, 5.74) is 0.381. The summed E-state index contributed by atoms with van der Waals surface area (Å²) < 4.78 is 0. The summed E-state index contributed by atoms with van der Waals surface area (Å²) in [7, 11) is 0. The van der Waals surface area contributed by atoms with E-state index < -0.39 is 10.9 Å². The van der Waals surface area contributed by atoms with Crippen LogP contribution in [-0.4, -0.2) is 16.0 Å². The third-order valence-corrected chi connectivity index (χ3v) is 2.17. The fourth-order valence-electron chi connectivity index (χ4n) is 1.42. The van der Waals surface area contributed by atoms with Crippen molar-refractivity contribution in [1.82, 2.24) is 0 Å². The third kappa shape index (κ3) is 2.15. The van der Waals surface area contributed by atoms with E-state index in [9.17, 15) is 14.9 Å². The fraction of sp³-hybridized carbons (Fsp3) is 0.200. The van der Waals surface area contributed by atoms with Crippen LogP contribution in [0, 0.1) is 28.4 Å². The molecule has 0 bridgehead atoms. The van der Waals surface area contributed by atoms with E-state index >= 15 is 0 Å². The molecular formula is C10H8N2O4. The number of rotatable bonds is 3. The van der Waals surface area contributed by atoms with Crippen molar-refractivity contribution in [2.24, 2.45) is 0 Å². The van der Waals surface area contributed by atoms with Crippen molar-refractivity contribution in [2.45, 2.75) is 13.3 Å². The summed E-state index contributed by atoms with van der Waals surface area (Å²) in [4.78, 5) is 20.5. The van der Waals surface area contributed by atoms with Crippen LogP contribution >= 0.6 is 0 Å². The molecule has 82 valence electrons. The highest BCUT2D eigenvalue weighted by atomic mass is 16.6. The average molecular weight is 220 g/mol. The maximum absolute atomic E-state index is 10.6. The number of nitro benzene ring substituents is 1. The predicted molar refractivity (Wildman–Crippen MR) is 53.9 cm³/mol. The van der Waals surface area contributed by atoms with Crippen molar-refractivity contribution in [2.75, 3.05) is 0 Å². The molecule has 0 amide bonds. The molecule has 1 aromatic rings. The van der Waals surface area contributed by atoms with Crippen LogP contribution in [0.5, 0.6) is 0 Å². The number of nitrogens with zero attached hydrogens (tertiary/aromatic N) is 2.